The summed E-state index contributed by atoms with van der Waals surface area (Å²) < 4.78 is 18.7. The fraction of sp³-hybridized carbons (Fsp3) is 0.400. The van der Waals surface area contributed by atoms with Crippen LogP contribution in [0.5, 0.6) is 5.75 Å². The molecule has 1 aromatic rings. The first-order chi connectivity index (χ1) is 9.95. The summed E-state index contributed by atoms with van der Waals surface area (Å²) in [5, 5.41) is 27.9. The molecule has 1 aromatic carbocycles. The van der Waals surface area contributed by atoms with Crippen LogP contribution in [0, 0.1) is 5.82 Å². The summed E-state index contributed by atoms with van der Waals surface area (Å²) in [6, 6.07) is 3.64. The summed E-state index contributed by atoms with van der Waals surface area (Å²) >= 11 is 0. The van der Waals surface area contributed by atoms with Crippen LogP contribution in [0.25, 0.3) is 0 Å². The molecule has 21 heavy (non-hydrogen) atoms. The van der Waals surface area contributed by atoms with Gasteiger partial charge in [0.05, 0.1) is 6.10 Å². The lowest BCUT2D eigenvalue weighted by molar-refractivity contribution is -0.131. The van der Waals surface area contributed by atoms with E-state index >= 15 is 0 Å². The Morgan fingerprint density at radius 2 is 2.19 bits per heavy atom. The van der Waals surface area contributed by atoms with Crippen LogP contribution in [-0.2, 0) is 9.53 Å². The number of phenols is 1. The van der Waals surface area contributed by atoms with Crippen LogP contribution >= 0.6 is 0 Å². The first kappa shape index (κ1) is 17.1. The second kappa shape index (κ2) is 8.39. The zero-order valence-electron chi connectivity index (χ0n) is 11.7. The summed E-state index contributed by atoms with van der Waals surface area (Å²) in [4.78, 5) is 10.4. The zero-order valence-corrected chi connectivity index (χ0v) is 11.7. The third kappa shape index (κ3) is 5.53. The van der Waals surface area contributed by atoms with Crippen molar-refractivity contribution in [3.05, 3.63) is 41.7 Å². The van der Waals surface area contributed by atoms with Crippen LogP contribution in [0.1, 0.15) is 31.4 Å². The van der Waals surface area contributed by atoms with E-state index in [0.29, 0.717) is 25.0 Å². The van der Waals surface area contributed by atoms with Gasteiger partial charge in [-0.2, -0.15) is 0 Å². The molecule has 0 bridgehead atoms. The topological polar surface area (TPSA) is 87.0 Å². The number of aliphatic hydroxyl groups excluding tert-OH is 1. The Bertz CT molecular complexity index is 501. The van der Waals surface area contributed by atoms with Gasteiger partial charge in [0, 0.05) is 12.7 Å². The highest BCUT2D eigenvalue weighted by molar-refractivity contribution is 5.79. The predicted octanol–water partition coefficient (Wildman–Crippen LogP) is 2.39. The van der Waals surface area contributed by atoms with E-state index in [4.69, 9.17) is 14.9 Å². The molecule has 0 aliphatic heterocycles. The molecule has 0 amide bonds. The number of aromatic hydroxyl groups is 1. The number of carboxylic acid groups (broad SMARTS) is 1. The third-order valence-electron chi connectivity index (χ3n) is 2.92. The predicted molar refractivity (Wildman–Crippen MR) is 74.4 cm³/mol. The van der Waals surface area contributed by atoms with E-state index in [1.54, 1.807) is 6.92 Å². The summed E-state index contributed by atoms with van der Waals surface area (Å²) in [6.45, 7) is 2.13. The molecule has 0 aliphatic rings. The van der Waals surface area contributed by atoms with Gasteiger partial charge in [-0.15, -0.1) is 0 Å². The summed E-state index contributed by atoms with van der Waals surface area (Å²) in [7, 11) is 0. The number of benzene rings is 1. The average Bonchev–Trinajstić information content (AvgIpc) is 2.44. The van der Waals surface area contributed by atoms with Gasteiger partial charge in [-0.05, 0) is 37.5 Å². The SMILES string of the molecule is CCO[C@@H](CC/C=C/C(=O)O)[C@@H](O)c1ccc(O)c(F)c1. The number of hydrogen-bond donors (Lipinski definition) is 3. The van der Waals surface area contributed by atoms with E-state index in [9.17, 15) is 14.3 Å². The summed E-state index contributed by atoms with van der Waals surface area (Å²) in [5.74, 6) is -2.33. The number of carbonyl (C=O) groups is 1. The van der Waals surface area contributed by atoms with Crippen molar-refractivity contribution < 1.29 is 29.2 Å². The lowest BCUT2D eigenvalue weighted by Gasteiger charge is -2.23. The lowest BCUT2D eigenvalue weighted by Crippen LogP contribution is -2.22. The van der Waals surface area contributed by atoms with Gasteiger partial charge in [-0.1, -0.05) is 12.1 Å². The van der Waals surface area contributed by atoms with Gasteiger partial charge in [-0.3, -0.25) is 0 Å². The maximum Gasteiger partial charge on any atom is 0.327 e. The van der Waals surface area contributed by atoms with Crippen LogP contribution < -0.4 is 0 Å². The van der Waals surface area contributed by atoms with Crippen molar-refractivity contribution in [1.29, 1.82) is 0 Å². The Labute approximate surface area is 122 Å². The third-order valence-corrected chi connectivity index (χ3v) is 2.92. The molecule has 0 fully saturated rings. The quantitative estimate of drug-likeness (QED) is 0.641. The average molecular weight is 298 g/mol. The van der Waals surface area contributed by atoms with E-state index < -0.39 is 29.7 Å². The molecule has 116 valence electrons. The number of rotatable bonds is 8. The molecule has 0 saturated carbocycles. The molecule has 2 atom stereocenters. The summed E-state index contributed by atoms with van der Waals surface area (Å²) in [6.07, 6.45) is 1.65. The Kier molecular flexibility index (Phi) is 6.84. The van der Waals surface area contributed by atoms with E-state index in [1.807, 2.05) is 0 Å². The van der Waals surface area contributed by atoms with Gasteiger partial charge >= 0.3 is 5.97 Å². The Morgan fingerprint density at radius 1 is 1.48 bits per heavy atom. The molecular formula is C15H19FO5. The zero-order chi connectivity index (χ0) is 15.8. The van der Waals surface area contributed by atoms with Gasteiger partial charge in [0.1, 0.15) is 6.10 Å². The lowest BCUT2D eigenvalue weighted by atomic mass is 10.00. The number of hydrogen-bond acceptors (Lipinski definition) is 4. The number of ether oxygens (including phenoxy) is 1. The fourth-order valence-corrected chi connectivity index (χ4v) is 1.91. The smallest absolute Gasteiger partial charge is 0.327 e. The molecule has 1 rings (SSSR count). The highest BCUT2D eigenvalue weighted by atomic mass is 19.1. The van der Waals surface area contributed by atoms with Crippen LogP contribution in [0.15, 0.2) is 30.4 Å². The van der Waals surface area contributed by atoms with Gasteiger partial charge in [0.15, 0.2) is 11.6 Å². The highest BCUT2D eigenvalue weighted by Gasteiger charge is 2.21. The molecule has 0 spiro atoms. The van der Waals surface area contributed by atoms with Gasteiger partial charge in [-0.25, -0.2) is 9.18 Å². The van der Waals surface area contributed by atoms with Gasteiger partial charge in [0.25, 0.3) is 0 Å². The summed E-state index contributed by atoms with van der Waals surface area (Å²) in [5.41, 5.74) is 0.297. The largest absolute Gasteiger partial charge is 0.505 e. The minimum absolute atomic E-state index is 0.297. The van der Waals surface area contributed by atoms with E-state index in [2.05, 4.69) is 0 Å². The number of aliphatic carboxylic acids is 1. The van der Waals surface area contributed by atoms with Crippen molar-refractivity contribution in [3.8, 4) is 5.75 Å². The van der Waals surface area contributed by atoms with Crippen molar-refractivity contribution in [3.63, 3.8) is 0 Å². The monoisotopic (exact) mass is 298 g/mol. The molecule has 0 unspecified atom stereocenters. The highest BCUT2D eigenvalue weighted by Crippen LogP contribution is 2.26. The van der Waals surface area contributed by atoms with Gasteiger partial charge < -0.3 is 20.1 Å². The molecule has 6 heteroatoms. The number of phenolic OH excluding ortho intramolecular Hbond substituents is 1. The standard InChI is InChI=1S/C15H19FO5/c1-2-21-13(5-3-4-6-14(18)19)15(20)10-7-8-12(17)11(16)9-10/h4,6-9,13,15,17,20H,2-3,5H2,1H3,(H,18,19)/b6-4+/t13-,15-/m0/s1. The molecule has 5 nitrogen and oxygen atoms in total. The molecule has 0 aliphatic carbocycles. The number of allylic oxidation sites excluding steroid dienone is 1. The first-order valence-electron chi connectivity index (χ1n) is 6.63. The van der Waals surface area contributed by atoms with Crippen molar-refractivity contribution in [2.75, 3.05) is 6.61 Å². The van der Waals surface area contributed by atoms with Crippen molar-refractivity contribution in [2.45, 2.75) is 32.0 Å². The second-order valence-corrected chi connectivity index (χ2v) is 4.47. The van der Waals surface area contributed by atoms with Crippen molar-refractivity contribution >= 4 is 5.97 Å². The van der Waals surface area contributed by atoms with Crippen LogP contribution in [0.2, 0.25) is 0 Å². The number of carboxylic acids is 1. The number of halogens is 1. The van der Waals surface area contributed by atoms with Crippen LogP contribution in [0.3, 0.4) is 0 Å². The minimum Gasteiger partial charge on any atom is -0.505 e. The second-order valence-electron chi connectivity index (χ2n) is 4.47. The molecule has 3 N–H and O–H groups in total. The Hall–Kier alpha value is -1.92. The first-order valence-corrected chi connectivity index (χ1v) is 6.63. The number of aliphatic hydroxyl groups is 1. The maximum atomic E-state index is 13.3. The molecular weight excluding hydrogens is 279 g/mol. The van der Waals surface area contributed by atoms with E-state index in [-0.39, 0.29) is 0 Å². The molecule has 0 heterocycles. The van der Waals surface area contributed by atoms with Crippen molar-refractivity contribution in [2.24, 2.45) is 0 Å². The minimum atomic E-state index is -1.06. The van der Waals surface area contributed by atoms with Crippen LogP contribution in [0.4, 0.5) is 4.39 Å². The molecule has 0 radical (unpaired) electrons. The van der Waals surface area contributed by atoms with Gasteiger partial charge in [0.2, 0.25) is 0 Å². The Balaban J connectivity index is 2.73. The normalized spacial score (nSPS) is 14.2. The van der Waals surface area contributed by atoms with E-state index in [0.717, 1.165) is 12.1 Å². The van der Waals surface area contributed by atoms with E-state index in [1.165, 1.54) is 18.2 Å². The maximum absolute atomic E-state index is 13.3. The van der Waals surface area contributed by atoms with Crippen molar-refractivity contribution in [1.82, 2.24) is 0 Å². The molecule has 0 saturated heterocycles. The van der Waals surface area contributed by atoms with Crippen LogP contribution in [-0.4, -0.2) is 34.0 Å². The fourth-order valence-electron chi connectivity index (χ4n) is 1.91. The molecule has 0 aromatic heterocycles. The Morgan fingerprint density at radius 3 is 2.76 bits per heavy atom.